The maximum absolute atomic E-state index is 12.9. The molecule has 0 saturated heterocycles. The summed E-state index contributed by atoms with van der Waals surface area (Å²) in [5.74, 6) is -1.18. The van der Waals surface area contributed by atoms with Crippen LogP contribution in [-0.2, 0) is 23.2 Å². The van der Waals surface area contributed by atoms with Gasteiger partial charge in [0.15, 0.2) is 0 Å². The van der Waals surface area contributed by atoms with Crippen molar-refractivity contribution in [2.75, 3.05) is 5.32 Å². The molecule has 10 heteroatoms. The Hall–Kier alpha value is -2.22. The van der Waals surface area contributed by atoms with Crippen molar-refractivity contribution in [3.05, 3.63) is 29.8 Å². The maximum atomic E-state index is 12.9. The molecule has 0 aliphatic rings. The van der Waals surface area contributed by atoms with Crippen LogP contribution in [0.3, 0.4) is 0 Å². The summed E-state index contributed by atoms with van der Waals surface area (Å²) in [5, 5.41) is 5.74. The van der Waals surface area contributed by atoms with E-state index < -0.39 is 37.3 Å². The van der Waals surface area contributed by atoms with Crippen LogP contribution in [0.1, 0.15) is 33.3 Å². The second-order valence-electron chi connectivity index (χ2n) is 5.95. The third-order valence-electron chi connectivity index (χ3n) is 2.69. The molecule has 0 radical (unpaired) electrons. The quantitative estimate of drug-likeness (QED) is 0.305. The highest BCUT2D eigenvalue weighted by Gasteiger charge is 2.39. The molecule has 0 aliphatic carbocycles. The normalized spacial score (nSPS) is 12.3. The molecular weight excluding hydrogens is 361 g/mol. The first-order chi connectivity index (χ1) is 12.0. The van der Waals surface area contributed by atoms with Gasteiger partial charge >= 0.3 is 13.7 Å². The Bertz CT molecular complexity index is 701. The fourth-order valence-corrected chi connectivity index (χ4v) is 3.54. The third kappa shape index (κ3) is 6.95. The van der Waals surface area contributed by atoms with Crippen LogP contribution in [0, 0.1) is 6.92 Å². The number of aryl methyl sites for hydroxylation is 1. The number of carbonyl (C=O) groups excluding carboxylic acids is 2. The van der Waals surface area contributed by atoms with Gasteiger partial charge < -0.3 is 14.8 Å². The molecule has 0 unspecified atom stereocenters. The van der Waals surface area contributed by atoms with Crippen molar-refractivity contribution in [3.63, 3.8) is 0 Å². The number of benzene rings is 1. The molecule has 0 fully saturated rings. The van der Waals surface area contributed by atoms with E-state index in [2.05, 4.69) is 15.3 Å². The number of primary amides is 1. The van der Waals surface area contributed by atoms with Crippen LogP contribution in [0.2, 0.25) is 0 Å². The molecule has 2 amide bonds. The molecule has 144 valence electrons. The van der Waals surface area contributed by atoms with Crippen molar-refractivity contribution in [2.45, 2.75) is 46.8 Å². The largest absolute Gasteiger partial charge is 0.437 e. The number of nitrogens with zero attached hydrogens (tertiary/aromatic N) is 1. The summed E-state index contributed by atoms with van der Waals surface area (Å²) in [7, 11) is -4.17. The zero-order valence-corrected chi connectivity index (χ0v) is 16.3. The van der Waals surface area contributed by atoms with E-state index in [9.17, 15) is 14.2 Å². The Kier molecular flexibility index (Phi) is 7.95. The maximum Gasteiger partial charge on any atom is 0.437 e. The predicted octanol–water partition coefficient (Wildman–Crippen LogP) is 3.39. The smallest absolute Gasteiger partial charge is 0.364 e. The van der Waals surface area contributed by atoms with Crippen LogP contribution in [-0.4, -0.2) is 29.7 Å². The second-order valence-corrected chi connectivity index (χ2v) is 7.79. The second kappa shape index (κ2) is 9.47. The lowest BCUT2D eigenvalue weighted by molar-refractivity contribution is -0.111. The molecule has 0 aliphatic heterocycles. The molecule has 0 bridgehead atoms. The monoisotopic (exact) mass is 385 g/mol. The van der Waals surface area contributed by atoms with Crippen LogP contribution in [0.5, 0.6) is 0 Å². The van der Waals surface area contributed by atoms with E-state index in [1.807, 2.05) is 6.92 Å². The lowest BCUT2D eigenvalue weighted by Crippen LogP contribution is -2.28. The molecule has 0 aromatic heterocycles. The Labute approximate surface area is 152 Å². The molecular formula is C16H24N3O6P. The number of carbonyl (C=O) groups is 2. The number of hydrogen-bond donors (Lipinski definition) is 2. The Morgan fingerprint density at radius 2 is 1.58 bits per heavy atom. The van der Waals surface area contributed by atoms with Crippen LogP contribution in [0.15, 0.2) is 29.4 Å². The first-order valence-electron chi connectivity index (χ1n) is 7.93. The van der Waals surface area contributed by atoms with Crippen LogP contribution in [0.25, 0.3) is 0 Å². The number of hydrogen-bond acceptors (Lipinski definition) is 7. The SMILES string of the molecule is Cc1ccc(NC(=O)O/N=C(/C(N)=O)P(=O)(OC(C)C)OC(C)C)cc1. The highest BCUT2D eigenvalue weighted by molar-refractivity contribution is 7.75. The van der Waals surface area contributed by atoms with Gasteiger partial charge in [-0.2, -0.15) is 0 Å². The number of nitrogens with two attached hydrogens (primary N) is 1. The topological polar surface area (TPSA) is 129 Å². The standard InChI is InChI=1S/C16H24N3O6P/c1-10(2)24-26(22,25-11(3)4)15(14(17)20)19-23-16(21)18-13-8-6-12(5)7-9-13/h6-11H,1-5H3,(H2,17,20)(H,18,21)/b19-15-. The molecule has 1 aromatic rings. The minimum absolute atomic E-state index is 0.455. The van der Waals surface area contributed by atoms with Gasteiger partial charge in [-0.3, -0.25) is 19.5 Å². The molecule has 9 nitrogen and oxygen atoms in total. The first kappa shape index (κ1) is 21.8. The lowest BCUT2D eigenvalue weighted by Gasteiger charge is -2.21. The summed E-state index contributed by atoms with van der Waals surface area (Å²) in [4.78, 5) is 28.1. The minimum atomic E-state index is -4.17. The highest BCUT2D eigenvalue weighted by atomic mass is 31.2. The number of anilines is 1. The van der Waals surface area contributed by atoms with Crippen LogP contribution >= 0.6 is 7.60 Å². The average molecular weight is 385 g/mol. The zero-order valence-electron chi connectivity index (χ0n) is 15.4. The average Bonchev–Trinajstić information content (AvgIpc) is 2.47. The van der Waals surface area contributed by atoms with Gasteiger partial charge in [0.1, 0.15) is 0 Å². The van der Waals surface area contributed by atoms with E-state index >= 15 is 0 Å². The molecule has 1 rings (SSSR count). The predicted molar refractivity (Wildman–Crippen MR) is 98.0 cm³/mol. The van der Waals surface area contributed by atoms with Crippen LogP contribution < -0.4 is 11.1 Å². The molecule has 3 N–H and O–H groups in total. The minimum Gasteiger partial charge on any atom is -0.364 e. The zero-order chi connectivity index (χ0) is 19.9. The van der Waals surface area contributed by atoms with E-state index in [0.29, 0.717) is 5.69 Å². The Balaban J connectivity index is 2.98. The molecule has 0 saturated carbocycles. The van der Waals surface area contributed by atoms with E-state index in [-0.39, 0.29) is 0 Å². The summed E-state index contributed by atoms with van der Waals surface area (Å²) in [6.07, 6.45) is -2.09. The molecule has 0 spiro atoms. The van der Waals surface area contributed by atoms with Gasteiger partial charge in [-0.05, 0) is 46.8 Å². The molecule has 26 heavy (non-hydrogen) atoms. The molecule has 0 atom stereocenters. The van der Waals surface area contributed by atoms with Gasteiger partial charge in [0.25, 0.3) is 11.4 Å². The Morgan fingerprint density at radius 1 is 1.08 bits per heavy atom. The van der Waals surface area contributed by atoms with Gasteiger partial charge in [0.05, 0.1) is 12.2 Å². The van der Waals surface area contributed by atoms with Crippen molar-refractivity contribution >= 4 is 30.7 Å². The van der Waals surface area contributed by atoms with Gasteiger partial charge in [-0.25, -0.2) is 4.79 Å². The Morgan fingerprint density at radius 3 is 2.00 bits per heavy atom. The number of oxime groups is 1. The van der Waals surface area contributed by atoms with Crippen molar-refractivity contribution < 1.29 is 28.0 Å². The molecule has 1 aromatic carbocycles. The number of rotatable bonds is 8. The molecule has 0 heterocycles. The fourth-order valence-electron chi connectivity index (χ4n) is 1.77. The van der Waals surface area contributed by atoms with Crippen LogP contribution in [0.4, 0.5) is 10.5 Å². The van der Waals surface area contributed by atoms with Gasteiger partial charge in [-0.15, -0.1) is 0 Å². The first-order valence-corrected chi connectivity index (χ1v) is 9.47. The third-order valence-corrected chi connectivity index (χ3v) is 4.91. The lowest BCUT2D eigenvalue weighted by atomic mass is 10.2. The van der Waals surface area contributed by atoms with Crippen molar-refractivity contribution in [1.29, 1.82) is 0 Å². The van der Waals surface area contributed by atoms with Crippen molar-refractivity contribution in [2.24, 2.45) is 10.9 Å². The summed E-state index contributed by atoms with van der Waals surface area (Å²) >= 11 is 0. The van der Waals surface area contributed by atoms with E-state index in [4.69, 9.17) is 14.8 Å². The van der Waals surface area contributed by atoms with Gasteiger partial charge in [0.2, 0.25) is 0 Å². The summed E-state index contributed by atoms with van der Waals surface area (Å²) in [6, 6.07) is 6.89. The summed E-state index contributed by atoms with van der Waals surface area (Å²) in [6.45, 7) is 8.28. The van der Waals surface area contributed by atoms with Gasteiger partial charge in [0, 0.05) is 5.69 Å². The van der Waals surface area contributed by atoms with E-state index in [1.54, 1.807) is 52.0 Å². The number of amides is 2. The summed E-state index contributed by atoms with van der Waals surface area (Å²) < 4.78 is 23.3. The summed E-state index contributed by atoms with van der Waals surface area (Å²) in [5.41, 5.74) is 5.89. The van der Waals surface area contributed by atoms with E-state index in [0.717, 1.165) is 5.56 Å². The van der Waals surface area contributed by atoms with E-state index in [1.165, 1.54) is 0 Å². The van der Waals surface area contributed by atoms with Crippen molar-refractivity contribution in [1.82, 2.24) is 0 Å². The fraction of sp³-hybridized carbons (Fsp3) is 0.438. The van der Waals surface area contributed by atoms with Crippen molar-refractivity contribution in [3.8, 4) is 0 Å². The van der Waals surface area contributed by atoms with Gasteiger partial charge in [-0.1, -0.05) is 22.9 Å². The highest BCUT2D eigenvalue weighted by Crippen LogP contribution is 2.52. The number of nitrogens with one attached hydrogen (secondary N) is 1.